The Balaban J connectivity index is 2.36. The zero-order valence-corrected chi connectivity index (χ0v) is 10.8. The minimum absolute atomic E-state index is 0.0434. The highest BCUT2D eigenvalue weighted by atomic mass is 79.9. The van der Waals surface area contributed by atoms with E-state index in [4.69, 9.17) is 11.6 Å². The molecule has 2 aromatic rings. The van der Waals surface area contributed by atoms with E-state index in [1.807, 2.05) is 18.2 Å². The minimum atomic E-state index is 0.0434. The van der Waals surface area contributed by atoms with Crippen molar-refractivity contribution in [1.29, 1.82) is 0 Å². The molecule has 2 nitrogen and oxygen atoms in total. The van der Waals surface area contributed by atoms with Crippen molar-refractivity contribution in [3.8, 4) is 0 Å². The van der Waals surface area contributed by atoms with E-state index < -0.39 is 0 Å². The van der Waals surface area contributed by atoms with Crippen LogP contribution in [-0.4, -0.2) is 4.57 Å². The fourth-order valence-electron chi connectivity index (χ4n) is 1.26. The molecule has 0 atom stereocenters. The molecule has 2 rings (SSSR count). The second-order valence-electron chi connectivity index (χ2n) is 3.03. The Morgan fingerprint density at radius 3 is 2.93 bits per heavy atom. The lowest BCUT2D eigenvalue weighted by molar-refractivity contribution is 0.781. The molecule has 1 aromatic heterocycles. The predicted molar refractivity (Wildman–Crippen MR) is 66.8 cm³/mol. The molecular formula is C10H7BrClNOS. The van der Waals surface area contributed by atoms with Crippen LogP contribution in [-0.2, 0) is 6.54 Å². The molecular weight excluding hydrogens is 298 g/mol. The summed E-state index contributed by atoms with van der Waals surface area (Å²) in [4.78, 5) is 11.4. The first-order valence-electron chi connectivity index (χ1n) is 4.24. The van der Waals surface area contributed by atoms with Crippen LogP contribution in [0.3, 0.4) is 0 Å². The summed E-state index contributed by atoms with van der Waals surface area (Å²) >= 11 is 10.5. The Kier molecular flexibility index (Phi) is 3.29. The maximum Gasteiger partial charge on any atom is 0.307 e. The summed E-state index contributed by atoms with van der Waals surface area (Å²) in [5, 5.41) is 2.46. The zero-order chi connectivity index (χ0) is 10.8. The van der Waals surface area contributed by atoms with Crippen LogP contribution in [0.1, 0.15) is 5.56 Å². The summed E-state index contributed by atoms with van der Waals surface area (Å²) in [6.45, 7) is 0.545. The Labute approximate surface area is 104 Å². The van der Waals surface area contributed by atoms with Crippen molar-refractivity contribution >= 4 is 38.9 Å². The first-order chi connectivity index (χ1) is 7.16. The van der Waals surface area contributed by atoms with Gasteiger partial charge in [0.2, 0.25) is 0 Å². The van der Waals surface area contributed by atoms with Crippen LogP contribution in [0.4, 0.5) is 0 Å². The molecule has 0 aliphatic heterocycles. The van der Waals surface area contributed by atoms with Gasteiger partial charge in [0, 0.05) is 21.1 Å². The molecule has 0 aliphatic carbocycles. The van der Waals surface area contributed by atoms with Gasteiger partial charge in [-0.3, -0.25) is 4.79 Å². The quantitative estimate of drug-likeness (QED) is 0.834. The Bertz CT molecular complexity index is 534. The molecule has 0 unspecified atom stereocenters. The number of halogens is 2. The first-order valence-corrected chi connectivity index (χ1v) is 6.30. The summed E-state index contributed by atoms with van der Waals surface area (Å²) in [6, 6.07) is 5.55. The van der Waals surface area contributed by atoms with Crippen LogP contribution in [0.25, 0.3) is 0 Å². The molecule has 78 valence electrons. The second kappa shape index (κ2) is 4.51. The van der Waals surface area contributed by atoms with E-state index in [9.17, 15) is 4.79 Å². The van der Waals surface area contributed by atoms with Gasteiger partial charge in [0.25, 0.3) is 0 Å². The van der Waals surface area contributed by atoms with E-state index in [1.54, 1.807) is 16.1 Å². The molecule has 0 spiro atoms. The van der Waals surface area contributed by atoms with Crippen molar-refractivity contribution in [3.05, 3.63) is 54.5 Å². The van der Waals surface area contributed by atoms with Crippen LogP contribution in [0.15, 0.2) is 39.0 Å². The number of thiazole rings is 1. The molecule has 5 heteroatoms. The maximum atomic E-state index is 11.4. The molecule has 0 N–H and O–H groups in total. The van der Waals surface area contributed by atoms with Gasteiger partial charge >= 0.3 is 4.87 Å². The topological polar surface area (TPSA) is 22.0 Å². The maximum absolute atomic E-state index is 11.4. The lowest BCUT2D eigenvalue weighted by Crippen LogP contribution is -2.12. The van der Waals surface area contributed by atoms with Crippen molar-refractivity contribution in [2.45, 2.75) is 6.54 Å². The van der Waals surface area contributed by atoms with Gasteiger partial charge in [-0.1, -0.05) is 38.9 Å². The normalized spacial score (nSPS) is 10.5. The van der Waals surface area contributed by atoms with Crippen molar-refractivity contribution in [2.24, 2.45) is 0 Å². The van der Waals surface area contributed by atoms with Crippen molar-refractivity contribution in [1.82, 2.24) is 4.57 Å². The van der Waals surface area contributed by atoms with Crippen molar-refractivity contribution in [3.63, 3.8) is 0 Å². The van der Waals surface area contributed by atoms with Crippen LogP contribution in [0.2, 0.25) is 5.02 Å². The van der Waals surface area contributed by atoms with Gasteiger partial charge in [-0.15, -0.1) is 0 Å². The molecule has 0 radical (unpaired) electrons. The first kappa shape index (κ1) is 10.9. The highest BCUT2D eigenvalue weighted by molar-refractivity contribution is 9.10. The summed E-state index contributed by atoms with van der Waals surface area (Å²) < 4.78 is 2.62. The van der Waals surface area contributed by atoms with Crippen molar-refractivity contribution < 1.29 is 0 Å². The summed E-state index contributed by atoms with van der Waals surface area (Å²) in [6.07, 6.45) is 1.78. The minimum Gasteiger partial charge on any atom is -0.301 e. The van der Waals surface area contributed by atoms with Crippen LogP contribution < -0.4 is 4.87 Å². The molecule has 1 heterocycles. The van der Waals surface area contributed by atoms with Gasteiger partial charge < -0.3 is 4.57 Å². The van der Waals surface area contributed by atoms with Crippen LogP contribution >= 0.6 is 38.9 Å². The highest BCUT2D eigenvalue weighted by Gasteiger charge is 2.03. The largest absolute Gasteiger partial charge is 0.307 e. The highest BCUT2D eigenvalue weighted by Crippen LogP contribution is 2.21. The standard InChI is InChI=1S/C10H7BrClNOS/c11-9-2-1-8(12)5-7(9)6-13-3-4-15-10(13)14/h1-5H,6H2. The van der Waals surface area contributed by atoms with Crippen LogP contribution in [0, 0.1) is 0 Å². The van der Waals surface area contributed by atoms with E-state index in [1.165, 1.54) is 11.3 Å². The molecule has 1 aromatic carbocycles. The van der Waals surface area contributed by atoms with E-state index in [2.05, 4.69) is 15.9 Å². The van der Waals surface area contributed by atoms with Gasteiger partial charge in [0.1, 0.15) is 0 Å². The molecule has 0 saturated carbocycles. The lowest BCUT2D eigenvalue weighted by atomic mass is 10.2. The summed E-state index contributed by atoms with van der Waals surface area (Å²) in [7, 11) is 0. The van der Waals surface area contributed by atoms with Crippen LogP contribution in [0.5, 0.6) is 0 Å². The van der Waals surface area contributed by atoms with E-state index >= 15 is 0 Å². The van der Waals surface area contributed by atoms with Crippen molar-refractivity contribution in [2.75, 3.05) is 0 Å². The number of nitrogens with zero attached hydrogens (tertiary/aromatic N) is 1. The third kappa shape index (κ3) is 2.51. The SMILES string of the molecule is O=c1sccn1Cc1cc(Cl)ccc1Br. The number of hydrogen-bond donors (Lipinski definition) is 0. The summed E-state index contributed by atoms with van der Waals surface area (Å²) in [5.41, 5.74) is 1.00. The van der Waals surface area contributed by atoms with E-state index in [0.29, 0.717) is 11.6 Å². The number of aromatic nitrogens is 1. The molecule has 0 fully saturated rings. The number of benzene rings is 1. The average Bonchev–Trinajstić information content (AvgIpc) is 2.58. The molecule has 0 aliphatic rings. The number of hydrogen-bond acceptors (Lipinski definition) is 2. The lowest BCUT2D eigenvalue weighted by Gasteiger charge is -2.05. The van der Waals surface area contributed by atoms with E-state index in [0.717, 1.165) is 10.0 Å². The molecule has 15 heavy (non-hydrogen) atoms. The van der Waals surface area contributed by atoms with Gasteiger partial charge in [0.15, 0.2) is 0 Å². The Hall–Kier alpha value is -0.580. The molecule has 0 bridgehead atoms. The third-order valence-electron chi connectivity index (χ3n) is 1.99. The fraction of sp³-hybridized carbons (Fsp3) is 0.100. The fourth-order valence-corrected chi connectivity index (χ4v) is 2.41. The smallest absolute Gasteiger partial charge is 0.301 e. The third-order valence-corrected chi connectivity index (χ3v) is 3.70. The predicted octanol–water partition coefficient (Wildman–Crippen LogP) is 3.37. The molecule has 0 saturated heterocycles. The Morgan fingerprint density at radius 1 is 1.47 bits per heavy atom. The second-order valence-corrected chi connectivity index (χ2v) is 5.18. The Morgan fingerprint density at radius 2 is 2.27 bits per heavy atom. The summed E-state index contributed by atoms with van der Waals surface area (Å²) in [5.74, 6) is 0. The zero-order valence-electron chi connectivity index (χ0n) is 7.61. The number of rotatable bonds is 2. The van der Waals surface area contributed by atoms with E-state index in [-0.39, 0.29) is 4.87 Å². The van der Waals surface area contributed by atoms with Gasteiger partial charge in [-0.25, -0.2) is 0 Å². The monoisotopic (exact) mass is 303 g/mol. The van der Waals surface area contributed by atoms with Gasteiger partial charge in [0.05, 0.1) is 6.54 Å². The van der Waals surface area contributed by atoms with Gasteiger partial charge in [-0.05, 0) is 23.8 Å². The van der Waals surface area contributed by atoms with Gasteiger partial charge in [-0.2, -0.15) is 0 Å². The average molecular weight is 305 g/mol. The molecule has 0 amide bonds.